The van der Waals surface area contributed by atoms with Gasteiger partial charge in [0, 0.05) is 6.54 Å². The smallest absolute Gasteiger partial charge is 0.177 e. The molecule has 0 aromatic rings. The molecular formula is C17H35N3O4. The third-order valence-corrected chi connectivity index (χ3v) is 3.89. The van der Waals surface area contributed by atoms with Crippen LogP contribution in [0.15, 0.2) is 0 Å². The number of hydrogen-bond acceptors (Lipinski definition) is 7. The lowest BCUT2D eigenvalue weighted by Gasteiger charge is -2.25. The molecule has 0 fully saturated rings. The van der Waals surface area contributed by atoms with E-state index >= 15 is 0 Å². The van der Waals surface area contributed by atoms with Gasteiger partial charge in [-0.2, -0.15) is 0 Å². The summed E-state index contributed by atoms with van der Waals surface area (Å²) in [5, 5.41) is 6.27. The predicted molar refractivity (Wildman–Crippen MR) is 95.2 cm³/mol. The standard InChI is InChI=1S/C17H35N3O4/c1-14(21)15(19-4)7-5-6-9-20-17(2,3)16(22)13-24-12-11-23-10-8-18/h15,19-20H,5-13,18H2,1-4H3/t15-/m1/s1. The Hall–Kier alpha value is -0.860. The molecule has 7 heteroatoms. The number of nitrogens with two attached hydrogens (primary N) is 1. The van der Waals surface area contributed by atoms with E-state index in [0.29, 0.717) is 26.4 Å². The Bertz CT molecular complexity index is 362. The number of hydrogen-bond donors (Lipinski definition) is 3. The molecule has 0 aromatic carbocycles. The van der Waals surface area contributed by atoms with Crippen molar-refractivity contribution in [2.75, 3.05) is 46.6 Å². The summed E-state index contributed by atoms with van der Waals surface area (Å²) >= 11 is 0. The summed E-state index contributed by atoms with van der Waals surface area (Å²) in [6.07, 6.45) is 2.65. The molecule has 142 valence electrons. The fraction of sp³-hybridized carbons (Fsp3) is 0.882. The van der Waals surface area contributed by atoms with Crippen LogP contribution in [0.25, 0.3) is 0 Å². The SMILES string of the molecule is CN[C@H](CCCCNC(C)(C)C(=O)COCCOCCN)C(C)=O. The highest BCUT2D eigenvalue weighted by atomic mass is 16.5. The first-order chi connectivity index (χ1) is 11.3. The molecule has 0 aliphatic heterocycles. The maximum atomic E-state index is 12.2. The van der Waals surface area contributed by atoms with Crippen LogP contribution in [0.1, 0.15) is 40.0 Å². The Labute approximate surface area is 146 Å². The molecule has 0 unspecified atom stereocenters. The van der Waals surface area contributed by atoms with Crippen molar-refractivity contribution in [2.24, 2.45) is 5.73 Å². The van der Waals surface area contributed by atoms with E-state index in [1.54, 1.807) is 14.0 Å². The van der Waals surface area contributed by atoms with E-state index in [4.69, 9.17) is 15.2 Å². The summed E-state index contributed by atoms with van der Waals surface area (Å²) < 4.78 is 10.5. The zero-order valence-electron chi connectivity index (χ0n) is 15.7. The number of rotatable bonds is 16. The molecule has 0 aliphatic rings. The predicted octanol–water partition coefficient (Wildman–Crippen LogP) is 0.263. The van der Waals surface area contributed by atoms with E-state index in [1.807, 2.05) is 13.8 Å². The summed E-state index contributed by atoms with van der Waals surface area (Å²) in [6, 6.07) is -0.0745. The van der Waals surface area contributed by atoms with Gasteiger partial charge in [-0.05, 0) is 47.2 Å². The average Bonchev–Trinajstić information content (AvgIpc) is 2.53. The van der Waals surface area contributed by atoms with Crippen molar-refractivity contribution < 1.29 is 19.1 Å². The molecule has 4 N–H and O–H groups in total. The van der Waals surface area contributed by atoms with Crippen LogP contribution in [0, 0.1) is 0 Å². The quantitative estimate of drug-likeness (QED) is 0.345. The zero-order chi connectivity index (χ0) is 18.4. The van der Waals surface area contributed by atoms with Crippen LogP contribution in [0.3, 0.4) is 0 Å². The summed E-state index contributed by atoms with van der Waals surface area (Å²) in [7, 11) is 1.80. The van der Waals surface area contributed by atoms with Crippen LogP contribution in [0.5, 0.6) is 0 Å². The molecule has 0 heterocycles. The molecule has 7 nitrogen and oxygen atoms in total. The molecule has 1 atom stereocenters. The lowest BCUT2D eigenvalue weighted by Crippen LogP contribution is -2.49. The van der Waals surface area contributed by atoms with Gasteiger partial charge in [-0.1, -0.05) is 6.42 Å². The first-order valence-electron chi connectivity index (χ1n) is 8.66. The van der Waals surface area contributed by atoms with Gasteiger partial charge in [-0.25, -0.2) is 0 Å². The molecule has 0 spiro atoms. The zero-order valence-corrected chi connectivity index (χ0v) is 15.7. The molecule has 0 radical (unpaired) electrons. The number of likely N-dealkylation sites (N-methyl/N-ethyl adjacent to an activating group) is 1. The molecule has 0 saturated carbocycles. The molecule has 0 aliphatic carbocycles. The van der Waals surface area contributed by atoms with Crippen LogP contribution in [0.2, 0.25) is 0 Å². The summed E-state index contributed by atoms with van der Waals surface area (Å²) in [5.41, 5.74) is 4.68. The Morgan fingerprint density at radius 2 is 1.79 bits per heavy atom. The average molecular weight is 345 g/mol. The Balaban J connectivity index is 3.82. The maximum absolute atomic E-state index is 12.2. The minimum absolute atomic E-state index is 0.0122. The molecule has 0 bridgehead atoms. The van der Waals surface area contributed by atoms with E-state index in [9.17, 15) is 9.59 Å². The number of carbonyl (C=O) groups is 2. The van der Waals surface area contributed by atoms with Gasteiger partial charge in [0.05, 0.1) is 31.4 Å². The third kappa shape index (κ3) is 10.8. The van der Waals surface area contributed by atoms with Gasteiger partial charge in [0.1, 0.15) is 12.4 Å². The van der Waals surface area contributed by atoms with E-state index in [-0.39, 0.29) is 24.2 Å². The fourth-order valence-electron chi connectivity index (χ4n) is 2.17. The molecule has 0 amide bonds. The van der Waals surface area contributed by atoms with Crippen molar-refractivity contribution in [3.8, 4) is 0 Å². The lowest BCUT2D eigenvalue weighted by atomic mass is 9.99. The summed E-state index contributed by atoms with van der Waals surface area (Å²) in [6.45, 7) is 7.93. The second kappa shape index (κ2) is 13.4. The van der Waals surface area contributed by atoms with Crippen LogP contribution in [-0.4, -0.2) is 69.7 Å². The number of ether oxygens (including phenoxy) is 2. The monoisotopic (exact) mass is 345 g/mol. The van der Waals surface area contributed by atoms with Crippen LogP contribution in [-0.2, 0) is 19.1 Å². The maximum Gasteiger partial charge on any atom is 0.177 e. The largest absolute Gasteiger partial charge is 0.378 e. The van der Waals surface area contributed by atoms with Crippen molar-refractivity contribution in [1.82, 2.24) is 10.6 Å². The van der Waals surface area contributed by atoms with Gasteiger partial charge in [-0.15, -0.1) is 0 Å². The van der Waals surface area contributed by atoms with E-state index in [0.717, 1.165) is 25.8 Å². The van der Waals surface area contributed by atoms with E-state index in [1.165, 1.54) is 0 Å². The second-order valence-corrected chi connectivity index (χ2v) is 6.38. The number of unbranched alkanes of at least 4 members (excludes halogenated alkanes) is 1. The third-order valence-electron chi connectivity index (χ3n) is 3.89. The van der Waals surface area contributed by atoms with Gasteiger partial charge < -0.3 is 25.8 Å². The van der Waals surface area contributed by atoms with E-state index in [2.05, 4.69) is 10.6 Å². The normalized spacial score (nSPS) is 13.0. The Morgan fingerprint density at radius 3 is 2.38 bits per heavy atom. The first kappa shape index (κ1) is 23.1. The Morgan fingerprint density at radius 1 is 1.12 bits per heavy atom. The van der Waals surface area contributed by atoms with Crippen molar-refractivity contribution >= 4 is 11.6 Å². The van der Waals surface area contributed by atoms with Crippen LogP contribution in [0.4, 0.5) is 0 Å². The van der Waals surface area contributed by atoms with Gasteiger partial charge in [0.2, 0.25) is 0 Å². The lowest BCUT2D eigenvalue weighted by molar-refractivity contribution is -0.129. The van der Waals surface area contributed by atoms with Gasteiger partial charge in [0.15, 0.2) is 5.78 Å². The Kier molecular flexibility index (Phi) is 13.0. The van der Waals surface area contributed by atoms with Crippen molar-refractivity contribution in [3.63, 3.8) is 0 Å². The summed E-state index contributed by atoms with van der Waals surface area (Å²) in [5.74, 6) is 0.173. The molecule has 0 saturated heterocycles. The number of Topliss-reactive ketones (excluding diaryl/α,β-unsaturated/α-hetero) is 2. The van der Waals surface area contributed by atoms with E-state index < -0.39 is 5.54 Å². The molecule has 0 rings (SSSR count). The molecule has 24 heavy (non-hydrogen) atoms. The second-order valence-electron chi connectivity index (χ2n) is 6.38. The highest BCUT2D eigenvalue weighted by Gasteiger charge is 2.26. The van der Waals surface area contributed by atoms with Gasteiger partial charge in [-0.3, -0.25) is 9.59 Å². The summed E-state index contributed by atoms with van der Waals surface area (Å²) in [4.78, 5) is 23.5. The number of ketones is 2. The van der Waals surface area contributed by atoms with Gasteiger partial charge >= 0.3 is 0 Å². The molecule has 0 aromatic heterocycles. The highest BCUT2D eigenvalue weighted by molar-refractivity contribution is 5.88. The minimum Gasteiger partial charge on any atom is -0.378 e. The van der Waals surface area contributed by atoms with Crippen LogP contribution < -0.4 is 16.4 Å². The number of nitrogens with one attached hydrogen (secondary N) is 2. The van der Waals surface area contributed by atoms with Crippen molar-refractivity contribution in [1.29, 1.82) is 0 Å². The van der Waals surface area contributed by atoms with Crippen LogP contribution >= 0.6 is 0 Å². The highest BCUT2D eigenvalue weighted by Crippen LogP contribution is 2.07. The molecular weight excluding hydrogens is 310 g/mol. The first-order valence-corrected chi connectivity index (χ1v) is 8.66. The number of carbonyl (C=O) groups excluding carboxylic acids is 2. The minimum atomic E-state index is -0.624. The van der Waals surface area contributed by atoms with Gasteiger partial charge in [0.25, 0.3) is 0 Å². The fourth-order valence-corrected chi connectivity index (χ4v) is 2.17. The van der Waals surface area contributed by atoms with Crippen molar-refractivity contribution in [2.45, 2.75) is 51.6 Å². The van der Waals surface area contributed by atoms with Crippen molar-refractivity contribution in [3.05, 3.63) is 0 Å². The topological polar surface area (TPSA) is 103 Å².